The highest BCUT2D eigenvalue weighted by Crippen LogP contribution is 2.05. The average Bonchev–Trinajstić information content (AvgIpc) is 2.17. The van der Waals surface area contributed by atoms with E-state index in [2.05, 4.69) is 26.2 Å². The van der Waals surface area contributed by atoms with Crippen LogP contribution in [0.2, 0.25) is 0 Å². The zero-order valence-electron chi connectivity index (χ0n) is 8.40. The second-order valence-electron chi connectivity index (χ2n) is 3.24. The predicted octanol–water partition coefficient (Wildman–Crippen LogP) is 1.34. The van der Waals surface area contributed by atoms with Gasteiger partial charge in [-0.05, 0) is 41.4 Å². The maximum absolute atomic E-state index is 11.5. The van der Waals surface area contributed by atoms with E-state index in [9.17, 15) is 4.79 Å². The van der Waals surface area contributed by atoms with Crippen molar-refractivity contribution in [2.45, 2.75) is 19.4 Å². The lowest BCUT2D eigenvalue weighted by molar-refractivity contribution is 0.0940. The number of aromatic nitrogens is 1. The van der Waals surface area contributed by atoms with Crippen LogP contribution in [0.1, 0.15) is 23.8 Å². The summed E-state index contributed by atoms with van der Waals surface area (Å²) in [4.78, 5) is 15.5. The molecule has 1 atom stereocenters. The molecule has 2 N–H and O–H groups in total. The fourth-order valence-electron chi connectivity index (χ4n) is 1.02. The zero-order valence-corrected chi connectivity index (χ0v) is 9.99. The van der Waals surface area contributed by atoms with Crippen LogP contribution in [0.25, 0.3) is 0 Å². The third-order valence-electron chi connectivity index (χ3n) is 1.80. The first-order valence-electron chi connectivity index (χ1n) is 4.68. The Bertz CT molecular complexity index is 342. The standard InChI is InChI=1S/C10H13BrN2O2/c1-7(14)5-6-12-10(15)8-3-2-4-9(11)13-8/h2-4,7,14H,5-6H2,1H3,(H,12,15). The Morgan fingerprint density at radius 1 is 1.67 bits per heavy atom. The predicted molar refractivity (Wildman–Crippen MR) is 60.6 cm³/mol. The molecule has 0 aliphatic carbocycles. The van der Waals surface area contributed by atoms with Crippen LogP contribution in [-0.2, 0) is 0 Å². The molecule has 4 nitrogen and oxygen atoms in total. The van der Waals surface area contributed by atoms with Gasteiger partial charge in [0.2, 0.25) is 0 Å². The summed E-state index contributed by atoms with van der Waals surface area (Å²) in [6, 6.07) is 5.15. The molecule has 5 heteroatoms. The Morgan fingerprint density at radius 3 is 3.00 bits per heavy atom. The van der Waals surface area contributed by atoms with Crippen molar-refractivity contribution < 1.29 is 9.90 Å². The molecule has 1 aromatic rings. The van der Waals surface area contributed by atoms with Gasteiger partial charge in [0.25, 0.3) is 5.91 Å². The van der Waals surface area contributed by atoms with Crippen molar-refractivity contribution in [3.05, 3.63) is 28.5 Å². The topological polar surface area (TPSA) is 62.2 Å². The fourth-order valence-corrected chi connectivity index (χ4v) is 1.36. The number of amides is 1. The number of halogens is 1. The van der Waals surface area contributed by atoms with Crippen molar-refractivity contribution >= 4 is 21.8 Å². The van der Waals surface area contributed by atoms with E-state index >= 15 is 0 Å². The molecule has 0 aromatic carbocycles. The molecule has 0 fully saturated rings. The molecule has 0 aliphatic rings. The molecule has 0 radical (unpaired) electrons. The molecule has 0 saturated heterocycles. The maximum atomic E-state index is 11.5. The van der Waals surface area contributed by atoms with E-state index < -0.39 is 6.10 Å². The van der Waals surface area contributed by atoms with Crippen LogP contribution in [0.15, 0.2) is 22.8 Å². The Kier molecular flexibility index (Phi) is 4.71. The fraction of sp³-hybridized carbons (Fsp3) is 0.400. The van der Waals surface area contributed by atoms with Gasteiger partial charge in [-0.3, -0.25) is 4.79 Å². The second-order valence-corrected chi connectivity index (χ2v) is 4.05. The lowest BCUT2D eigenvalue weighted by atomic mass is 10.3. The number of aliphatic hydroxyl groups is 1. The van der Waals surface area contributed by atoms with Crippen LogP contribution >= 0.6 is 15.9 Å². The van der Waals surface area contributed by atoms with Crippen molar-refractivity contribution in [2.24, 2.45) is 0 Å². The Labute approximate surface area is 96.8 Å². The summed E-state index contributed by atoms with van der Waals surface area (Å²) < 4.78 is 0.630. The molecule has 1 aromatic heterocycles. The largest absolute Gasteiger partial charge is 0.393 e. The van der Waals surface area contributed by atoms with E-state index in [1.54, 1.807) is 25.1 Å². The van der Waals surface area contributed by atoms with Crippen LogP contribution in [0, 0.1) is 0 Å². The number of rotatable bonds is 4. The first-order chi connectivity index (χ1) is 7.09. The summed E-state index contributed by atoms with van der Waals surface area (Å²) in [6.07, 6.45) is 0.139. The molecule has 0 aliphatic heterocycles. The maximum Gasteiger partial charge on any atom is 0.269 e. The lowest BCUT2D eigenvalue weighted by Crippen LogP contribution is -2.27. The smallest absolute Gasteiger partial charge is 0.269 e. The quantitative estimate of drug-likeness (QED) is 0.814. The van der Waals surface area contributed by atoms with Gasteiger partial charge < -0.3 is 10.4 Å². The Hall–Kier alpha value is -0.940. The first kappa shape index (κ1) is 12.1. The summed E-state index contributed by atoms with van der Waals surface area (Å²) in [5.74, 6) is -0.225. The number of pyridine rings is 1. The van der Waals surface area contributed by atoms with E-state index in [0.717, 1.165) is 0 Å². The van der Waals surface area contributed by atoms with E-state index in [4.69, 9.17) is 5.11 Å². The highest BCUT2D eigenvalue weighted by Gasteiger charge is 2.06. The van der Waals surface area contributed by atoms with Crippen molar-refractivity contribution in [2.75, 3.05) is 6.54 Å². The summed E-state index contributed by atoms with van der Waals surface area (Å²) in [6.45, 7) is 2.13. The summed E-state index contributed by atoms with van der Waals surface area (Å²) in [5.41, 5.74) is 0.370. The molecule has 1 unspecified atom stereocenters. The Morgan fingerprint density at radius 2 is 2.40 bits per heavy atom. The average molecular weight is 273 g/mol. The number of hydrogen-bond donors (Lipinski definition) is 2. The number of aliphatic hydroxyl groups excluding tert-OH is 1. The van der Waals surface area contributed by atoms with E-state index in [0.29, 0.717) is 23.3 Å². The van der Waals surface area contributed by atoms with Crippen LogP contribution < -0.4 is 5.32 Å². The Balaban J connectivity index is 2.47. The van der Waals surface area contributed by atoms with E-state index in [1.807, 2.05) is 0 Å². The second kappa shape index (κ2) is 5.82. The van der Waals surface area contributed by atoms with Crippen LogP contribution in [0.5, 0.6) is 0 Å². The van der Waals surface area contributed by atoms with Crippen molar-refractivity contribution in [3.63, 3.8) is 0 Å². The minimum Gasteiger partial charge on any atom is -0.393 e. The number of nitrogens with zero attached hydrogens (tertiary/aromatic N) is 1. The molecule has 0 spiro atoms. The molecule has 1 heterocycles. The minimum atomic E-state index is -0.402. The molecular weight excluding hydrogens is 260 g/mol. The molecule has 82 valence electrons. The van der Waals surface area contributed by atoms with Gasteiger partial charge in [-0.25, -0.2) is 4.98 Å². The number of nitrogens with one attached hydrogen (secondary N) is 1. The number of carbonyl (C=O) groups excluding carboxylic acids is 1. The molecule has 1 rings (SSSR count). The summed E-state index contributed by atoms with van der Waals surface area (Å²) >= 11 is 3.19. The van der Waals surface area contributed by atoms with Crippen molar-refractivity contribution in [1.82, 2.24) is 10.3 Å². The normalized spacial score (nSPS) is 12.2. The van der Waals surface area contributed by atoms with Gasteiger partial charge in [-0.15, -0.1) is 0 Å². The van der Waals surface area contributed by atoms with Gasteiger partial charge in [0.1, 0.15) is 10.3 Å². The zero-order chi connectivity index (χ0) is 11.3. The molecule has 1 amide bonds. The van der Waals surface area contributed by atoms with Crippen LogP contribution in [-0.4, -0.2) is 28.6 Å². The van der Waals surface area contributed by atoms with Gasteiger partial charge in [-0.2, -0.15) is 0 Å². The number of hydrogen-bond acceptors (Lipinski definition) is 3. The molecule has 0 saturated carbocycles. The number of carbonyl (C=O) groups is 1. The van der Waals surface area contributed by atoms with Gasteiger partial charge in [0.05, 0.1) is 6.10 Å². The van der Waals surface area contributed by atoms with Gasteiger partial charge >= 0.3 is 0 Å². The highest BCUT2D eigenvalue weighted by molar-refractivity contribution is 9.10. The van der Waals surface area contributed by atoms with Crippen LogP contribution in [0.4, 0.5) is 0 Å². The molecule has 0 bridgehead atoms. The highest BCUT2D eigenvalue weighted by atomic mass is 79.9. The van der Waals surface area contributed by atoms with Gasteiger partial charge in [-0.1, -0.05) is 6.07 Å². The lowest BCUT2D eigenvalue weighted by Gasteiger charge is -2.06. The summed E-state index contributed by atoms with van der Waals surface area (Å²) in [5, 5.41) is 11.7. The minimum absolute atomic E-state index is 0.225. The van der Waals surface area contributed by atoms with Crippen molar-refractivity contribution in [1.29, 1.82) is 0 Å². The van der Waals surface area contributed by atoms with Gasteiger partial charge in [0, 0.05) is 6.54 Å². The summed E-state index contributed by atoms with van der Waals surface area (Å²) in [7, 11) is 0. The monoisotopic (exact) mass is 272 g/mol. The van der Waals surface area contributed by atoms with Gasteiger partial charge in [0.15, 0.2) is 0 Å². The SMILES string of the molecule is CC(O)CCNC(=O)c1cccc(Br)n1. The van der Waals surface area contributed by atoms with Crippen LogP contribution in [0.3, 0.4) is 0 Å². The van der Waals surface area contributed by atoms with Crippen molar-refractivity contribution in [3.8, 4) is 0 Å². The molecule has 15 heavy (non-hydrogen) atoms. The van der Waals surface area contributed by atoms with E-state index in [-0.39, 0.29) is 5.91 Å². The first-order valence-corrected chi connectivity index (χ1v) is 5.47. The third-order valence-corrected chi connectivity index (χ3v) is 2.24. The van der Waals surface area contributed by atoms with E-state index in [1.165, 1.54) is 0 Å². The third kappa shape index (κ3) is 4.40. The molecular formula is C10H13BrN2O2.